The molecule has 6 nitrogen and oxygen atoms in total. The summed E-state index contributed by atoms with van der Waals surface area (Å²) in [5.41, 5.74) is 3.58. The first-order chi connectivity index (χ1) is 14.5. The lowest BCUT2D eigenvalue weighted by Gasteiger charge is -2.32. The number of benzene rings is 2. The van der Waals surface area contributed by atoms with E-state index in [0.717, 1.165) is 32.5 Å². The van der Waals surface area contributed by atoms with Crippen molar-refractivity contribution in [3.63, 3.8) is 0 Å². The molecule has 7 heteroatoms. The van der Waals surface area contributed by atoms with Crippen LogP contribution in [0.2, 0.25) is 5.02 Å². The second kappa shape index (κ2) is 9.06. The summed E-state index contributed by atoms with van der Waals surface area (Å²) in [6.07, 6.45) is 2.11. The van der Waals surface area contributed by atoms with E-state index in [1.165, 1.54) is 15.7 Å². The Hall–Kier alpha value is -2.57. The average Bonchev–Trinajstić information content (AvgIpc) is 3.03. The molecular formula is C23H26ClN3O3. The van der Waals surface area contributed by atoms with Crippen LogP contribution in [0.3, 0.4) is 0 Å². The molecule has 0 radical (unpaired) electrons. The summed E-state index contributed by atoms with van der Waals surface area (Å²) >= 11 is 5.93. The molecule has 3 aromatic rings. The molecule has 2 aromatic carbocycles. The molecule has 30 heavy (non-hydrogen) atoms. The van der Waals surface area contributed by atoms with Gasteiger partial charge in [0, 0.05) is 24.2 Å². The van der Waals surface area contributed by atoms with Gasteiger partial charge in [0.25, 0.3) is 0 Å². The molecule has 1 amide bonds. The molecule has 0 spiro atoms. The fourth-order valence-corrected chi connectivity index (χ4v) is 4.11. The van der Waals surface area contributed by atoms with E-state index in [2.05, 4.69) is 41.4 Å². The van der Waals surface area contributed by atoms with E-state index in [1.807, 2.05) is 0 Å². The number of hydrogen-bond donors (Lipinski definition) is 1. The summed E-state index contributed by atoms with van der Waals surface area (Å²) in [5.74, 6) is -0.275. The zero-order chi connectivity index (χ0) is 21.1. The van der Waals surface area contributed by atoms with Crippen LogP contribution in [0.25, 0.3) is 11.1 Å². The first kappa shape index (κ1) is 20.7. The van der Waals surface area contributed by atoms with Gasteiger partial charge in [-0.1, -0.05) is 41.4 Å². The second-order valence-corrected chi connectivity index (χ2v) is 8.51. The van der Waals surface area contributed by atoms with Crippen molar-refractivity contribution in [1.29, 1.82) is 0 Å². The highest BCUT2D eigenvalue weighted by atomic mass is 35.5. The molecule has 0 unspecified atom stereocenters. The first-order valence-corrected chi connectivity index (χ1v) is 10.7. The number of rotatable bonds is 6. The molecule has 158 valence electrons. The number of fused-ring (bicyclic) bond motifs is 1. The Morgan fingerprint density at radius 3 is 2.63 bits per heavy atom. The normalized spacial score (nSPS) is 15.5. The van der Waals surface area contributed by atoms with E-state index in [1.54, 1.807) is 18.2 Å². The van der Waals surface area contributed by atoms with Crippen molar-refractivity contribution in [3.8, 4) is 0 Å². The molecule has 4 rings (SSSR count). The minimum absolute atomic E-state index is 0.0558. The second-order valence-electron chi connectivity index (χ2n) is 8.08. The van der Waals surface area contributed by atoms with E-state index in [9.17, 15) is 9.59 Å². The molecule has 0 bridgehead atoms. The van der Waals surface area contributed by atoms with Gasteiger partial charge in [-0.25, -0.2) is 4.79 Å². The third-order valence-corrected chi connectivity index (χ3v) is 5.99. The number of aryl methyl sites for hydroxylation is 1. The largest absolute Gasteiger partial charge is 0.420 e. The van der Waals surface area contributed by atoms with Crippen molar-refractivity contribution >= 4 is 28.6 Å². The number of halogens is 1. The monoisotopic (exact) mass is 427 g/mol. The molecule has 1 fully saturated rings. The average molecular weight is 428 g/mol. The van der Waals surface area contributed by atoms with Crippen LogP contribution >= 0.6 is 11.6 Å². The Morgan fingerprint density at radius 1 is 1.17 bits per heavy atom. The maximum absolute atomic E-state index is 12.4. The fraction of sp³-hybridized carbons (Fsp3) is 0.391. The van der Waals surface area contributed by atoms with Crippen LogP contribution in [0.4, 0.5) is 0 Å². The molecule has 1 N–H and O–H groups in total. The maximum Gasteiger partial charge on any atom is 0.420 e. The Labute approximate surface area is 180 Å². The van der Waals surface area contributed by atoms with Crippen molar-refractivity contribution < 1.29 is 9.21 Å². The predicted octanol–water partition coefficient (Wildman–Crippen LogP) is 3.58. The summed E-state index contributed by atoms with van der Waals surface area (Å²) in [5, 5.41) is 3.47. The van der Waals surface area contributed by atoms with Gasteiger partial charge in [-0.2, -0.15) is 0 Å². The van der Waals surface area contributed by atoms with Gasteiger partial charge in [0.2, 0.25) is 5.91 Å². The van der Waals surface area contributed by atoms with Gasteiger partial charge in [-0.15, -0.1) is 0 Å². The van der Waals surface area contributed by atoms with E-state index < -0.39 is 5.76 Å². The van der Waals surface area contributed by atoms with Crippen molar-refractivity contribution in [1.82, 2.24) is 14.8 Å². The third kappa shape index (κ3) is 4.94. The van der Waals surface area contributed by atoms with Gasteiger partial charge < -0.3 is 9.73 Å². The molecule has 1 aliphatic rings. The van der Waals surface area contributed by atoms with Gasteiger partial charge in [-0.05, 0) is 56.5 Å². The zero-order valence-corrected chi connectivity index (χ0v) is 17.8. The van der Waals surface area contributed by atoms with Crippen LogP contribution in [-0.4, -0.2) is 35.0 Å². The van der Waals surface area contributed by atoms with Crippen LogP contribution in [0.1, 0.15) is 24.0 Å². The molecular weight excluding hydrogens is 402 g/mol. The third-order valence-electron chi connectivity index (χ3n) is 5.75. The highest BCUT2D eigenvalue weighted by Gasteiger charge is 2.20. The van der Waals surface area contributed by atoms with E-state index in [0.29, 0.717) is 28.6 Å². The molecule has 0 aliphatic carbocycles. The number of oxazole rings is 1. The highest BCUT2D eigenvalue weighted by molar-refractivity contribution is 6.31. The zero-order valence-electron chi connectivity index (χ0n) is 17.1. The Kier molecular flexibility index (Phi) is 6.25. The van der Waals surface area contributed by atoms with E-state index in [4.69, 9.17) is 16.0 Å². The summed E-state index contributed by atoms with van der Waals surface area (Å²) < 4.78 is 6.52. The van der Waals surface area contributed by atoms with Crippen LogP contribution in [0, 0.1) is 12.8 Å². The number of hydrogen-bond acceptors (Lipinski definition) is 4. The Morgan fingerprint density at radius 2 is 1.90 bits per heavy atom. The summed E-state index contributed by atoms with van der Waals surface area (Å²) in [4.78, 5) is 26.9. The standard InChI is InChI=1S/C23H26ClN3O3/c1-16-2-4-18(5-3-16)14-26-10-8-17(9-11-26)13-25-22(28)15-27-20-7-6-19(24)12-21(20)30-23(27)29/h2-7,12,17H,8-11,13-15H2,1H3,(H,25,28). The summed E-state index contributed by atoms with van der Waals surface area (Å²) in [6.45, 7) is 5.71. The summed E-state index contributed by atoms with van der Waals surface area (Å²) in [7, 11) is 0. The molecule has 1 aliphatic heterocycles. The summed E-state index contributed by atoms with van der Waals surface area (Å²) in [6, 6.07) is 13.6. The SMILES string of the molecule is Cc1ccc(CN2CCC(CNC(=O)Cn3c(=O)oc4cc(Cl)ccc43)CC2)cc1. The van der Waals surface area contributed by atoms with Crippen LogP contribution in [0.15, 0.2) is 51.7 Å². The minimum Gasteiger partial charge on any atom is -0.408 e. The molecule has 2 heterocycles. The predicted molar refractivity (Wildman–Crippen MR) is 118 cm³/mol. The van der Waals surface area contributed by atoms with E-state index >= 15 is 0 Å². The first-order valence-electron chi connectivity index (χ1n) is 10.3. The number of aromatic nitrogens is 1. The molecule has 1 aromatic heterocycles. The Balaban J connectivity index is 1.25. The van der Waals surface area contributed by atoms with Gasteiger partial charge >= 0.3 is 5.76 Å². The van der Waals surface area contributed by atoms with Gasteiger partial charge in [0.1, 0.15) is 6.54 Å². The maximum atomic E-state index is 12.4. The quantitative estimate of drug-likeness (QED) is 0.652. The Bertz CT molecular complexity index is 1080. The van der Waals surface area contributed by atoms with E-state index in [-0.39, 0.29) is 12.5 Å². The lowest BCUT2D eigenvalue weighted by molar-refractivity contribution is -0.121. The lowest BCUT2D eigenvalue weighted by atomic mass is 9.96. The topological polar surface area (TPSA) is 67.5 Å². The van der Waals surface area contributed by atoms with Gasteiger partial charge in [0.05, 0.1) is 5.52 Å². The van der Waals surface area contributed by atoms with Gasteiger partial charge in [-0.3, -0.25) is 14.3 Å². The molecule has 0 atom stereocenters. The number of nitrogens with zero attached hydrogens (tertiary/aromatic N) is 2. The van der Waals surface area contributed by atoms with Crippen molar-refractivity contribution in [3.05, 3.63) is 69.2 Å². The van der Waals surface area contributed by atoms with Crippen molar-refractivity contribution in [2.75, 3.05) is 19.6 Å². The van der Waals surface area contributed by atoms with Crippen molar-refractivity contribution in [2.45, 2.75) is 32.9 Å². The molecule has 0 saturated carbocycles. The number of likely N-dealkylation sites (tertiary alicyclic amines) is 1. The lowest BCUT2D eigenvalue weighted by Crippen LogP contribution is -2.39. The number of amides is 1. The molecule has 1 saturated heterocycles. The van der Waals surface area contributed by atoms with Crippen LogP contribution < -0.4 is 11.1 Å². The minimum atomic E-state index is -0.549. The smallest absolute Gasteiger partial charge is 0.408 e. The van der Waals surface area contributed by atoms with Gasteiger partial charge in [0.15, 0.2) is 5.58 Å². The number of carbonyl (C=O) groups excluding carboxylic acids is 1. The fourth-order valence-electron chi connectivity index (χ4n) is 3.95. The van der Waals surface area contributed by atoms with Crippen molar-refractivity contribution in [2.24, 2.45) is 5.92 Å². The van der Waals surface area contributed by atoms with Crippen LogP contribution in [0.5, 0.6) is 0 Å². The highest BCUT2D eigenvalue weighted by Crippen LogP contribution is 2.20. The number of nitrogens with one attached hydrogen (secondary N) is 1. The number of carbonyl (C=O) groups is 1. The number of piperidine rings is 1. The van der Waals surface area contributed by atoms with Crippen LogP contribution in [-0.2, 0) is 17.9 Å².